The molecule has 1 aliphatic rings. The summed E-state index contributed by atoms with van der Waals surface area (Å²) in [5, 5.41) is 21.4. The number of urea groups is 1. The molecule has 2 heterocycles. The van der Waals surface area contributed by atoms with Crippen molar-refractivity contribution in [3.63, 3.8) is 0 Å². The number of aliphatic hydroxyl groups is 1. The van der Waals surface area contributed by atoms with Crippen LogP contribution in [0.2, 0.25) is 0 Å². The van der Waals surface area contributed by atoms with Gasteiger partial charge in [-0.25, -0.2) is 9.59 Å². The molecule has 2 amide bonds. The van der Waals surface area contributed by atoms with Crippen molar-refractivity contribution < 1.29 is 19.8 Å². The Balaban J connectivity index is 2.02. The molecule has 2 rings (SSSR count). The number of β-amino-alcohol motifs (C(OH)–C–C–N with tert-alkyl or cyclic N) is 1. The summed E-state index contributed by atoms with van der Waals surface area (Å²) in [6.45, 7) is 3.89. The second kappa shape index (κ2) is 5.80. The predicted molar refractivity (Wildman–Crippen MR) is 74.8 cm³/mol. The zero-order valence-corrected chi connectivity index (χ0v) is 12.2. The largest absolute Gasteiger partial charge is 0.480 e. The molecule has 0 aliphatic carbocycles. The van der Waals surface area contributed by atoms with Gasteiger partial charge in [-0.2, -0.15) is 0 Å². The van der Waals surface area contributed by atoms with E-state index >= 15 is 0 Å². The second-order valence-electron chi connectivity index (χ2n) is 5.02. The number of thiophene rings is 1. The molecule has 1 aliphatic heterocycles. The number of aliphatic carboxylic acids is 1. The lowest BCUT2D eigenvalue weighted by Crippen LogP contribution is -2.46. The van der Waals surface area contributed by atoms with Crippen LogP contribution in [-0.2, 0) is 4.79 Å². The van der Waals surface area contributed by atoms with Crippen molar-refractivity contribution in [2.45, 2.75) is 38.5 Å². The van der Waals surface area contributed by atoms with Crippen LogP contribution in [0.4, 0.5) is 4.79 Å². The Hall–Kier alpha value is -1.60. The molecule has 1 saturated heterocycles. The van der Waals surface area contributed by atoms with E-state index in [9.17, 15) is 14.7 Å². The lowest BCUT2D eigenvalue weighted by Gasteiger charge is -2.23. The molecular weight excluding hydrogens is 280 g/mol. The second-order valence-corrected chi connectivity index (χ2v) is 6.33. The molecule has 0 bridgehead atoms. The molecule has 0 aromatic carbocycles. The van der Waals surface area contributed by atoms with Gasteiger partial charge in [0.25, 0.3) is 0 Å². The van der Waals surface area contributed by atoms with E-state index in [-0.39, 0.29) is 19.0 Å². The molecule has 20 heavy (non-hydrogen) atoms. The van der Waals surface area contributed by atoms with Gasteiger partial charge in [0.2, 0.25) is 0 Å². The molecule has 110 valence electrons. The molecular formula is C13H18N2O4S. The highest BCUT2D eigenvalue weighted by molar-refractivity contribution is 7.12. The third-order valence-corrected chi connectivity index (χ3v) is 4.54. The average Bonchev–Trinajstić information content (AvgIpc) is 2.95. The quantitative estimate of drug-likeness (QED) is 0.785. The summed E-state index contributed by atoms with van der Waals surface area (Å²) in [6.07, 6.45) is -0.698. The van der Waals surface area contributed by atoms with Gasteiger partial charge in [-0.05, 0) is 26.0 Å². The number of nitrogens with one attached hydrogen (secondary N) is 1. The number of rotatable bonds is 3. The SMILES string of the molecule is Cc1ccc(C(C)NC(=O)N2CC(O)CC2C(=O)O)s1. The molecule has 3 atom stereocenters. The Morgan fingerprint density at radius 3 is 2.75 bits per heavy atom. The molecule has 0 saturated carbocycles. The van der Waals surface area contributed by atoms with E-state index in [0.717, 1.165) is 9.75 Å². The summed E-state index contributed by atoms with van der Waals surface area (Å²) in [6, 6.07) is 2.32. The number of carboxylic acids is 1. The van der Waals surface area contributed by atoms with Crippen LogP contribution in [0.25, 0.3) is 0 Å². The fourth-order valence-electron chi connectivity index (χ4n) is 2.30. The Labute approximate surface area is 121 Å². The van der Waals surface area contributed by atoms with Gasteiger partial charge < -0.3 is 20.4 Å². The molecule has 3 unspecified atom stereocenters. The maximum Gasteiger partial charge on any atom is 0.326 e. The number of aryl methyl sites for hydroxylation is 1. The highest BCUT2D eigenvalue weighted by atomic mass is 32.1. The predicted octanol–water partition coefficient (Wildman–Crippen LogP) is 1.35. The van der Waals surface area contributed by atoms with E-state index < -0.39 is 24.1 Å². The van der Waals surface area contributed by atoms with Crippen molar-refractivity contribution in [3.05, 3.63) is 21.9 Å². The minimum absolute atomic E-state index is 0.0546. The minimum Gasteiger partial charge on any atom is -0.480 e. The maximum atomic E-state index is 12.1. The highest BCUT2D eigenvalue weighted by Crippen LogP contribution is 2.24. The van der Waals surface area contributed by atoms with Crippen LogP contribution < -0.4 is 5.32 Å². The van der Waals surface area contributed by atoms with E-state index in [0.29, 0.717) is 0 Å². The number of nitrogens with zero attached hydrogens (tertiary/aromatic N) is 1. The lowest BCUT2D eigenvalue weighted by atomic mass is 10.2. The van der Waals surface area contributed by atoms with Crippen LogP contribution in [0.3, 0.4) is 0 Å². The molecule has 6 nitrogen and oxygen atoms in total. The minimum atomic E-state index is -1.09. The zero-order chi connectivity index (χ0) is 14.9. The van der Waals surface area contributed by atoms with Crippen LogP contribution in [0.1, 0.15) is 29.1 Å². The summed E-state index contributed by atoms with van der Waals surface area (Å²) in [5.41, 5.74) is 0. The van der Waals surface area contributed by atoms with E-state index in [1.54, 1.807) is 11.3 Å². The van der Waals surface area contributed by atoms with Gasteiger partial charge in [-0.1, -0.05) is 0 Å². The number of aliphatic hydroxyl groups excluding tert-OH is 1. The van der Waals surface area contributed by atoms with E-state index in [4.69, 9.17) is 5.11 Å². The van der Waals surface area contributed by atoms with Crippen molar-refractivity contribution in [1.29, 1.82) is 0 Å². The van der Waals surface area contributed by atoms with E-state index in [2.05, 4.69) is 5.32 Å². The van der Waals surface area contributed by atoms with Gasteiger partial charge in [-0.3, -0.25) is 0 Å². The molecule has 0 spiro atoms. The number of hydrogen-bond donors (Lipinski definition) is 3. The van der Waals surface area contributed by atoms with Crippen LogP contribution in [0.15, 0.2) is 12.1 Å². The van der Waals surface area contributed by atoms with Gasteiger partial charge in [0, 0.05) is 22.7 Å². The Bertz CT molecular complexity index is 516. The number of carboxylic acid groups (broad SMARTS) is 1. The summed E-state index contributed by atoms with van der Waals surface area (Å²) in [5.74, 6) is -1.09. The fourth-order valence-corrected chi connectivity index (χ4v) is 3.18. The summed E-state index contributed by atoms with van der Waals surface area (Å²) < 4.78 is 0. The highest BCUT2D eigenvalue weighted by Gasteiger charge is 2.39. The van der Waals surface area contributed by atoms with Crippen LogP contribution >= 0.6 is 11.3 Å². The lowest BCUT2D eigenvalue weighted by molar-refractivity contribution is -0.141. The van der Waals surface area contributed by atoms with Crippen molar-refractivity contribution in [2.75, 3.05) is 6.54 Å². The van der Waals surface area contributed by atoms with Gasteiger partial charge >= 0.3 is 12.0 Å². The normalized spacial score (nSPS) is 23.6. The molecule has 1 fully saturated rings. The first kappa shape index (κ1) is 14.8. The molecule has 7 heteroatoms. The monoisotopic (exact) mass is 298 g/mol. The Morgan fingerprint density at radius 2 is 2.20 bits per heavy atom. The molecule has 0 radical (unpaired) electrons. The number of hydrogen-bond acceptors (Lipinski definition) is 4. The van der Waals surface area contributed by atoms with Crippen LogP contribution in [0.5, 0.6) is 0 Å². The summed E-state index contributed by atoms with van der Waals surface area (Å²) in [7, 11) is 0. The van der Waals surface area contributed by atoms with Gasteiger partial charge in [0.1, 0.15) is 6.04 Å². The molecule has 1 aromatic rings. The number of amides is 2. The summed E-state index contributed by atoms with van der Waals surface area (Å²) >= 11 is 1.59. The summed E-state index contributed by atoms with van der Waals surface area (Å²) in [4.78, 5) is 26.6. The first-order valence-electron chi connectivity index (χ1n) is 6.43. The van der Waals surface area contributed by atoms with Crippen molar-refractivity contribution >= 4 is 23.3 Å². The number of carbonyl (C=O) groups is 2. The van der Waals surface area contributed by atoms with Crippen molar-refractivity contribution in [3.8, 4) is 0 Å². The first-order valence-corrected chi connectivity index (χ1v) is 7.24. The van der Waals surface area contributed by atoms with Crippen molar-refractivity contribution in [1.82, 2.24) is 10.2 Å². The zero-order valence-electron chi connectivity index (χ0n) is 11.4. The molecule has 1 aromatic heterocycles. The fraction of sp³-hybridized carbons (Fsp3) is 0.538. The smallest absolute Gasteiger partial charge is 0.326 e. The van der Waals surface area contributed by atoms with Gasteiger partial charge in [-0.15, -0.1) is 11.3 Å². The van der Waals surface area contributed by atoms with Crippen LogP contribution in [-0.4, -0.2) is 45.8 Å². The Kier molecular flexibility index (Phi) is 4.29. The van der Waals surface area contributed by atoms with Gasteiger partial charge in [0.05, 0.1) is 12.1 Å². The van der Waals surface area contributed by atoms with Crippen LogP contribution in [0, 0.1) is 6.92 Å². The number of carbonyl (C=O) groups excluding carboxylic acids is 1. The maximum absolute atomic E-state index is 12.1. The Morgan fingerprint density at radius 1 is 1.50 bits per heavy atom. The average molecular weight is 298 g/mol. The van der Waals surface area contributed by atoms with Gasteiger partial charge in [0.15, 0.2) is 0 Å². The standard InChI is InChI=1S/C13H18N2O4S/c1-7-3-4-11(20-7)8(2)14-13(19)15-6-9(16)5-10(15)12(17)18/h3-4,8-10,16H,5-6H2,1-2H3,(H,14,19)(H,17,18). The number of likely N-dealkylation sites (tertiary alicyclic amines) is 1. The molecule has 3 N–H and O–H groups in total. The van der Waals surface area contributed by atoms with E-state index in [1.807, 2.05) is 26.0 Å². The first-order chi connectivity index (χ1) is 9.38. The topological polar surface area (TPSA) is 89.9 Å². The van der Waals surface area contributed by atoms with Crippen molar-refractivity contribution in [2.24, 2.45) is 0 Å². The third kappa shape index (κ3) is 3.10. The third-order valence-electron chi connectivity index (χ3n) is 3.35. The van der Waals surface area contributed by atoms with E-state index in [1.165, 1.54) is 4.90 Å².